The highest BCUT2D eigenvalue weighted by Crippen LogP contribution is 2.27. The van der Waals surface area contributed by atoms with Crippen molar-refractivity contribution < 1.29 is 4.84 Å². The molecule has 0 atom stereocenters. The summed E-state index contributed by atoms with van der Waals surface area (Å²) in [6, 6.07) is 0.608. The van der Waals surface area contributed by atoms with Gasteiger partial charge in [-0.25, -0.2) is 0 Å². The first-order valence-corrected chi connectivity index (χ1v) is 6.59. The van der Waals surface area contributed by atoms with Crippen molar-refractivity contribution in [3.63, 3.8) is 0 Å². The zero-order chi connectivity index (χ0) is 11.1. The molecule has 2 nitrogen and oxygen atoms in total. The van der Waals surface area contributed by atoms with E-state index in [1.807, 2.05) is 0 Å². The first kappa shape index (κ1) is 13.0. The van der Waals surface area contributed by atoms with Gasteiger partial charge in [0.05, 0.1) is 6.61 Å². The highest BCUT2D eigenvalue weighted by Gasteiger charge is 2.20. The highest BCUT2D eigenvalue weighted by atomic mass is 16.6. The molecule has 0 aromatic heterocycles. The van der Waals surface area contributed by atoms with Crippen molar-refractivity contribution in [2.75, 3.05) is 6.61 Å². The lowest BCUT2D eigenvalue weighted by atomic mass is 9.84. The first-order valence-electron chi connectivity index (χ1n) is 6.59. The fourth-order valence-corrected chi connectivity index (χ4v) is 2.31. The van der Waals surface area contributed by atoms with E-state index >= 15 is 0 Å². The number of rotatable bonds is 6. The molecule has 1 aliphatic carbocycles. The predicted octanol–water partition coefficient (Wildman–Crippen LogP) is 3.52. The molecule has 1 N–H and O–H groups in total. The Balaban J connectivity index is 2.04. The lowest BCUT2D eigenvalue weighted by Crippen LogP contribution is -2.34. The molecule has 0 saturated heterocycles. The Hall–Kier alpha value is -0.0800. The molecule has 1 fully saturated rings. The van der Waals surface area contributed by atoms with Crippen LogP contribution >= 0.6 is 0 Å². The summed E-state index contributed by atoms with van der Waals surface area (Å²) in [4.78, 5) is 5.48. The molecule has 0 heterocycles. The van der Waals surface area contributed by atoms with E-state index in [0.717, 1.165) is 12.5 Å². The van der Waals surface area contributed by atoms with E-state index in [1.54, 1.807) is 0 Å². The third kappa shape index (κ3) is 5.53. The molecule has 90 valence electrons. The van der Waals surface area contributed by atoms with Crippen molar-refractivity contribution in [2.24, 2.45) is 11.8 Å². The van der Waals surface area contributed by atoms with Crippen LogP contribution in [0.25, 0.3) is 0 Å². The monoisotopic (exact) mass is 213 g/mol. The molecule has 0 bridgehead atoms. The van der Waals surface area contributed by atoms with Gasteiger partial charge in [0.2, 0.25) is 0 Å². The molecular weight excluding hydrogens is 186 g/mol. The Morgan fingerprint density at radius 3 is 2.40 bits per heavy atom. The Bertz CT molecular complexity index is 151. The summed E-state index contributed by atoms with van der Waals surface area (Å²) in [6.07, 6.45) is 8.12. The number of hydroxylamine groups is 1. The molecule has 0 aliphatic heterocycles. The van der Waals surface area contributed by atoms with Gasteiger partial charge in [-0.05, 0) is 37.5 Å². The largest absolute Gasteiger partial charge is 0.301 e. The molecule has 1 rings (SSSR count). The third-order valence-corrected chi connectivity index (χ3v) is 3.21. The van der Waals surface area contributed by atoms with Crippen LogP contribution in [0.4, 0.5) is 0 Å². The lowest BCUT2D eigenvalue weighted by Gasteiger charge is -2.28. The summed E-state index contributed by atoms with van der Waals surface area (Å²) in [5.41, 5.74) is 3.22. The van der Waals surface area contributed by atoms with Gasteiger partial charge in [-0.15, -0.1) is 0 Å². The molecule has 0 radical (unpaired) electrons. The van der Waals surface area contributed by atoms with Crippen molar-refractivity contribution in [3.05, 3.63) is 0 Å². The van der Waals surface area contributed by atoms with Crippen molar-refractivity contribution in [2.45, 2.75) is 65.3 Å². The average molecular weight is 213 g/mol. The molecule has 2 heteroatoms. The standard InChI is InChI=1S/C13H27NO/c1-4-5-12-6-8-13(9-7-12)14-15-10-11(2)3/h11-14H,4-10H2,1-3H3. The van der Waals surface area contributed by atoms with E-state index in [9.17, 15) is 0 Å². The summed E-state index contributed by atoms with van der Waals surface area (Å²) in [7, 11) is 0. The summed E-state index contributed by atoms with van der Waals surface area (Å²) < 4.78 is 0. The average Bonchev–Trinajstić information content (AvgIpc) is 2.20. The van der Waals surface area contributed by atoms with Crippen molar-refractivity contribution in [3.8, 4) is 0 Å². The van der Waals surface area contributed by atoms with Gasteiger partial charge in [-0.1, -0.05) is 33.6 Å². The van der Waals surface area contributed by atoms with Gasteiger partial charge in [0.15, 0.2) is 0 Å². The topological polar surface area (TPSA) is 21.3 Å². The maximum absolute atomic E-state index is 5.48. The predicted molar refractivity (Wildman–Crippen MR) is 64.6 cm³/mol. The van der Waals surface area contributed by atoms with Gasteiger partial charge < -0.3 is 4.84 Å². The van der Waals surface area contributed by atoms with E-state index in [0.29, 0.717) is 12.0 Å². The SMILES string of the molecule is CCCC1CCC(NOCC(C)C)CC1. The normalized spacial score (nSPS) is 27.2. The second-order valence-electron chi connectivity index (χ2n) is 5.33. The molecule has 0 spiro atoms. The van der Waals surface area contributed by atoms with Crippen LogP contribution in [0.3, 0.4) is 0 Å². The van der Waals surface area contributed by atoms with Crippen LogP contribution in [0.15, 0.2) is 0 Å². The number of hydrogen-bond donors (Lipinski definition) is 1. The van der Waals surface area contributed by atoms with E-state index in [-0.39, 0.29) is 0 Å². The van der Waals surface area contributed by atoms with Crippen LogP contribution in [0.5, 0.6) is 0 Å². The Labute approximate surface area is 94.7 Å². The first-order chi connectivity index (χ1) is 7.22. The summed E-state index contributed by atoms with van der Waals surface area (Å²) in [5, 5.41) is 0. The zero-order valence-corrected chi connectivity index (χ0v) is 10.6. The smallest absolute Gasteiger partial charge is 0.0705 e. The van der Waals surface area contributed by atoms with Crippen LogP contribution in [0.1, 0.15) is 59.3 Å². The molecule has 1 saturated carbocycles. The van der Waals surface area contributed by atoms with E-state index in [2.05, 4.69) is 26.3 Å². The molecule has 15 heavy (non-hydrogen) atoms. The Morgan fingerprint density at radius 1 is 1.20 bits per heavy atom. The van der Waals surface area contributed by atoms with E-state index in [1.165, 1.54) is 38.5 Å². The van der Waals surface area contributed by atoms with E-state index < -0.39 is 0 Å². The molecular formula is C13H27NO. The number of hydrogen-bond acceptors (Lipinski definition) is 2. The van der Waals surface area contributed by atoms with Gasteiger partial charge >= 0.3 is 0 Å². The van der Waals surface area contributed by atoms with Crippen LogP contribution in [0, 0.1) is 11.8 Å². The minimum atomic E-state index is 0.608. The lowest BCUT2D eigenvalue weighted by molar-refractivity contribution is -0.0103. The molecule has 0 aromatic carbocycles. The van der Waals surface area contributed by atoms with E-state index in [4.69, 9.17) is 4.84 Å². The van der Waals surface area contributed by atoms with Crippen LogP contribution in [0.2, 0.25) is 0 Å². The fraction of sp³-hybridized carbons (Fsp3) is 1.00. The number of nitrogens with one attached hydrogen (secondary N) is 1. The van der Waals surface area contributed by atoms with Gasteiger partial charge in [-0.2, -0.15) is 5.48 Å². The highest BCUT2D eigenvalue weighted by molar-refractivity contribution is 4.74. The quantitative estimate of drug-likeness (QED) is 0.682. The molecule has 0 amide bonds. The van der Waals surface area contributed by atoms with Crippen LogP contribution in [-0.2, 0) is 4.84 Å². The van der Waals surface area contributed by atoms with Crippen LogP contribution < -0.4 is 5.48 Å². The second-order valence-corrected chi connectivity index (χ2v) is 5.33. The van der Waals surface area contributed by atoms with Crippen molar-refractivity contribution in [1.82, 2.24) is 5.48 Å². The van der Waals surface area contributed by atoms with Crippen LogP contribution in [-0.4, -0.2) is 12.6 Å². The van der Waals surface area contributed by atoms with Crippen molar-refractivity contribution >= 4 is 0 Å². The summed E-state index contributed by atoms with van der Waals surface area (Å²) in [6.45, 7) is 7.48. The van der Waals surface area contributed by atoms with Gasteiger partial charge in [0.25, 0.3) is 0 Å². The van der Waals surface area contributed by atoms with Crippen molar-refractivity contribution in [1.29, 1.82) is 0 Å². The van der Waals surface area contributed by atoms with Gasteiger partial charge in [-0.3, -0.25) is 0 Å². The maximum atomic E-state index is 5.48. The molecule has 0 aromatic rings. The van der Waals surface area contributed by atoms with Gasteiger partial charge in [0, 0.05) is 6.04 Å². The Morgan fingerprint density at radius 2 is 1.87 bits per heavy atom. The third-order valence-electron chi connectivity index (χ3n) is 3.21. The Kier molecular flexibility index (Phi) is 6.26. The summed E-state index contributed by atoms with van der Waals surface area (Å²) >= 11 is 0. The second kappa shape index (κ2) is 7.24. The molecule has 1 aliphatic rings. The minimum absolute atomic E-state index is 0.608. The maximum Gasteiger partial charge on any atom is 0.0705 e. The minimum Gasteiger partial charge on any atom is -0.301 e. The fourth-order valence-electron chi connectivity index (χ4n) is 2.31. The van der Waals surface area contributed by atoms with Gasteiger partial charge in [0.1, 0.15) is 0 Å². The molecule has 0 unspecified atom stereocenters. The summed E-state index contributed by atoms with van der Waals surface area (Å²) in [5.74, 6) is 1.60. The zero-order valence-electron chi connectivity index (χ0n) is 10.6.